The minimum Gasteiger partial charge on any atom is -0.396 e. The third-order valence-electron chi connectivity index (χ3n) is 4.70. The van der Waals surface area contributed by atoms with Gasteiger partial charge in [-0.2, -0.15) is 0 Å². The normalized spacial score (nSPS) is 11.3. The molecule has 2 amide bonds. The van der Waals surface area contributed by atoms with Crippen LogP contribution in [0.2, 0.25) is 10.0 Å². The van der Waals surface area contributed by atoms with Crippen LogP contribution in [0.1, 0.15) is 70.9 Å². The molecule has 0 aromatic heterocycles. The molecule has 2 rings (SSSR count). The fourth-order valence-electron chi connectivity index (χ4n) is 2.94. The van der Waals surface area contributed by atoms with E-state index in [1.165, 1.54) is 18.2 Å². The number of amides is 2. The number of carbonyl (C=O) groups excluding carboxylic acids is 2. The first-order chi connectivity index (χ1) is 17.8. The van der Waals surface area contributed by atoms with Gasteiger partial charge in [-0.05, 0) is 59.9 Å². The van der Waals surface area contributed by atoms with Crippen LogP contribution in [0.4, 0.5) is 14.5 Å². The Balaban J connectivity index is 0.000000808. The molecular weight excluding hydrogens is 535 g/mol. The summed E-state index contributed by atoms with van der Waals surface area (Å²) in [6.07, 6.45) is 3.97. The van der Waals surface area contributed by atoms with E-state index < -0.39 is 11.6 Å². The third-order valence-corrected chi connectivity index (χ3v) is 5.28. The number of carbonyl (C=O) groups is 2. The van der Waals surface area contributed by atoms with Crippen LogP contribution in [0.25, 0.3) is 0 Å². The van der Waals surface area contributed by atoms with Gasteiger partial charge in [-0.1, -0.05) is 70.0 Å². The Hall–Kier alpha value is -2.26. The van der Waals surface area contributed by atoms with Crippen LogP contribution >= 0.6 is 23.2 Å². The van der Waals surface area contributed by atoms with Gasteiger partial charge in [0.2, 0.25) is 12.8 Å². The second-order valence-corrected chi connectivity index (χ2v) is 11.0. The summed E-state index contributed by atoms with van der Waals surface area (Å²) in [7, 11) is 0. The second-order valence-electron chi connectivity index (χ2n) is 10.2. The molecule has 0 aliphatic rings. The number of benzene rings is 2. The molecule has 0 aliphatic carbocycles. The molecule has 0 radical (unpaired) electrons. The van der Waals surface area contributed by atoms with Crippen molar-refractivity contribution in [1.29, 1.82) is 0 Å². The predicted octanol–water partition coefficient (Wildman–Crippen LogP) is 6.68. The summed E-state index contributed by atoms with van der Waals surface area (Å²) in [6, 6.07) is 7.47. The zero-order valence-corrected chi connectivity index (χ0v) is 24.4. The number of hydrogen-bond donors (Lipinski definition) is 4. The number of nitrogens with one attached hydrogen (secondary N) is 3. The fourth-order valence-corrected chi connectivity index (χ4v) is 3.29. The van der Waals surface area contributed by atoms with Gasteiger partial charge in [0.05, 0.1) is 10.0 Å². The molecule has 0 saturated heterocycles. The summed E-state index contributed by atoms with van der Waals surface area (Å²) in [4.78, 5) is 20.3. The van der Waals surface area contributed by atoms with E-state index in [9.17, 15) is 18.4 Å². The summed E-state index contributed by atoms with van der Waals surface area (Å²) in [5.74, 6) is -1.14. The van der Waals surface area contributed by atoms with Crippen LogP contribution in [0.15, 0.2) is 30.3 Å². The SMILES string of the molecule is CC(C)(C)C.CC(CNCc1cc(F)c(Cl)cc1NC=O)c1cccc(Cl)c1F.O=CNCCCCCO. The lowest BCUT2D eigenvalue weighted by Crippen LogP contribution is -2.21. The number of aliphatic hydroxyl groups excluding tert-OH is 1. The molecule has 2 aromatic rings. The van der Waals surface area contributed by atoms with Gasteiger partial charge in [0.15, 0.2) is 0 Å². The summed E-state index contributed by atoms with van der Waals surface area (Å²) in [6.45, 7) is 12.3. The van der Waals surface area contributed by atoms with Crippen LogP contribution in [-0.4, -0.2) is 37.6 Å². The standard InChI is InChI=1S/C17H16Cl2F2N2O.C6H13NO2.C5H12/c1-10(12-3-2-4-13(18)17(12)21)7-22-8-11-5-15(20)14(19)6-16(11)23-9-24;8-5-3-1-2-4-7-6-9;1-5(2,3)4/h2-6,9-10,22H,7-8H2,1H3,(H,23,24);6,8H,1-5H2,(H,7,9);1-4H3. The van der Waals surface area contributed by atoms with Crippen molar-refractivity contribution in [3.8, 4) is 0 Å². The van der Waals surface area contributed by atoms with Crippen molar-refractivity contribution < 1.29 is 23.5 Å². The van der Waals surface area contributed by atoms with Crippen LogP contribution in [0, 0.1) is 17.0 Å². The molecule has 6 nitrogen and oxygen atoms in total. The lowest BCUT2D eigenvalue weighted by atomic mass is 10.0. The molecule has 1 atom stereocenters. The first kappa shape index (κ1) is 35.7. The van der Waals surface area contributed by atoms with Gasteiger partial charge in [-0.25, -0.2) is 8.78 Å². The topological polar surface area (TPSA) is 90.5 Å². The number of anilines is 1. The summed E-state index contributed by atoms with van der Waals surface area (Å²) < 4.78 is 27.6. The van der Waals surface area contributed by atoms with Crippen molar-refractivity contribution in [2.24, 2.45) is 5.41 Å². The molecule has 0 heterocycles. The molecule has 214 valence electrons. The number of aliphatic hydroxyl groups is 1. The molecule has 10 heteroatoms. The Bertz CT molecular complexity index is 967. The highest BCUT2D eigenvalue weighted by atomic mass is 35.5. The zero-order valence-electron chi connectivity index (χ0n) is 22.8. The molecule has 2 aromatic carbocycles. The Morgan fingerprint density at radius 1 is 1.00 bits per heavy atom. The van der Waals surface area contributed by atoms with Crippen LogP contribution in [0.3, 0.4) is 0 Å². The fraction of sp³-hybridized carbons (Fsp3) is 0.500. The zero-order chi connectivity index (χ0) is 29.1. The smallest absolute Gasteiger partial charge is 0.211 e. The van der Waals surface area contributed by atoms with Gasteiger partial charge in [0.25, 0.3) is 0 Å². The number of hydrogen-bond acceptors (Lipinski definition) is 4. The van der Waals surface area contributed by atoms with Gasteiger partial charge < -0.3 is 21.1 Å². The largest absolute Gasteiger partial charge is 0.396 e. The average Bonchev–Trinajstić information content (AvgIpc) is 2.83. The average molecular weight is 577 g/mol. The molecule has 0 fully saturated rings. The highest BCUT2D eigenvalue weighted by Crippen LogP contribution is 2.26. The second kappa shape index (κ2) is 19.8. The van der Waals surface area contributed by atoms with Gasteiger partial charge in [0, 0.05) is 31.9 Å². The highest BCUT2D eigenvalue weighted by molar-refractivity contribution is 6.31. The summed E-state index contributed by atoms with van der Waals surface area (Å²) >= 11 is 11.5. The quantitative estimate of drug-likeness (QED) is 0.158. The van der Waals surface area contributed by atoms with E-state index in [2.05, 4.69) is 43.6 Å². The Kier molecular flexibility index (Phi) is 18.6. The Labute approximate surface area is 235 Å². The number of halogens is 4. The van der Waals surface area contributed by atoms with E-state index in [0.717, 1.165) is 25.8 Å². The summed E-state index contributed by atoms with van der Waals surface area (Å²) in [5, 5.41) is 16.5. The molecule has 1 unspecified atom stereocenters. The van der Waals surface area contributed by atoms with E-state index in [4.69, 9.17) is 28.3 Å². The molecule has 0 bridgehead atoms. The van der Waals surface area contributed by atoms with Crippen LogP contribution in [-0.2, 0) is 16.1 Å². The predicted molar refractivity (Wildman–Crippen MR) is 153 cm³/mol. The Morgan fingerprint density at radius 2 is 1.66 bits per heavy atom. The minimum atomic E-state index is -0.571. The number of unbranched alkanes of at least 4 members (excludes halogenated alkanes) is 2. The third kappa shape index (κ3) is 16.6. The van der Waals surface area contributed by atoms with E-state index in [1.807, 2.05) is 6.92 Å². The van der Waals surface area contributed by atoms with Crippen molar-refractivity contribution in [2.45, 2.75) is 66.3 Å². The molecule has 4 N–H and O–H groups in total. The van der Waals surface area contributed by atoms with Crippen molar-refractivity contribution in [3.05, 3.63) is 63.1 Å². The molecule has 0 spiro atoms. The maximum absolute atomic E-state index is 14.0. The van der Waals surface area contributed by atoms with Crippen LogP contribution in [0.5, 0.6) is 0 Å². The van der Waals surface area contributed by atoms with Crippen molar-refractivity contribution in [2.75, 3.05) is 25.0 Å². The van der Waals surface area contributed by atoms with Crippen LogP contribution < -0.4 is 16.0 Å². The maximum Gasteiger partial charge on any atom is 0.211 e. The van der Waals surface area contributed by atoms with E-state index >= 15 is 0 Å². The van der Waals surface area contributed by atoms with Gasteiger partial charge >= 0.3 is 0 Å². The first-order valence-electron chi connectivity index (χ1n) is 12.5. The summed E-state index contributed by atoms with van der Waals surface area (Å²) in [5.41, 5.74) is 1.97. The van der Waals surface area contributed by atoms with E-state index in [1.54, 1.807) is 12.1 Å². The molecule has 0 saturated carbocycles. The lowest BCUT2D eigenvalue weighted by molar-refractivity contribution is -0.109. The monoisotopic (exact) mass is 575 g/mol. The van der Waals surface area contributed by atoms with Gasteiger partial charge in [-0.3, -0.25) is 9.59 Å². The van der Waals surface area contributed by atoms with Gasteiger partial charge in [-0.15, -0.1) is 0 Å². The van der Waals surface area contributed by atoms with E-state index in [0.29, 0.717) is 41.6 Å². The number of rotatable bonds is 13. The molecular formula is C28H41Cl2F2N3O3. The maximum atomic E-state index is 14.0. The van der Waals surface area contributed by atoms with Crippen molar-refractivity contribution in [3.63, 3.8) is 0 Å². The minimum absolute atomic E-state index is 0.0718. The van der Waals surface area contributed by atoms with Gasteiger partial charge in [0.1, 0.15) is 11.6 Å². The molecule has 0 aliphatic heterocycles. The van der Waals surface area contributed by atoms with Crippen molar-refractivity contribution >= 4 is 41.7 Å². The Morgan fingerprint density at radius 3 is 2.24 bits per heavy atom. The van der Waals surface area contributed by atoms with E-state index in [-0.39, 0.29) is 29.1 Å². The first-order valence-corrected chi connectivity index (χ1v) is 13.2. The highest BCUT2D eigenvalue weighted by Gasteiger charge is 2.14. The van der Waals surface area contributed by atoms with Crippen molar-refractivity contribution in [1.82, 2.24) is 10.6 Å². The lowest BCUT2D eigenvalue weighted by Gasteiger charge is -2.16. The molecule has 38 heavy (non-hydrogen) atoms.